The summed E-state index contributed by atoms with van der Waals surface area (Å²) in [5, 5.41) is 3.05. The minimum absolute atomic E-state index is 0.0365. The lowest BCUT2D eigenvalue weighted by atomic mass is 10.1. The van der Waals surface area contributed by atoms with Crippen LogP contribution in [0.1, 0.15) is 33.6 Å². The lowest BCUT2D eigenvalue weighted by Gasteiger charge is -2.13. The van der Waals surface area contributed by atoms with Gasteiger partial charge in [0.2, 0.25) is 5.91 Å². The minimum atomic E-state index is -0.0365. The Hall–Kier alpha value is -0.0500. The monoisotopic (exact) mass is 247 g/mol. The summed E-state index contributed by atoms with van der Waals surface area (Å²) in [5.41, 5.74) is 0. The molecule has 0 heterocycles. The maximum atomic E-state index is 11.5. The predicted molar refractivity (Wildman–Crippen MR) is 57.9 cm³/mol. The van der Waals surface area contributed by atoms with Crippen molar-refractivity contribution in [3.05, 3.63) is 0 Å². The van der Waals surface area contributed by atoms with Gasteiger partial charge in [0, 0.05) is 6.04 Å². The molecule has 0 aromatic rings. The molecule has 0 bridgehead atoms. The van der Waals surface area contributed by atoms with Crippen LogP contribution in [0.15, 0.2) is 0 Å². The number of amides is 1. The molecular formula is C10H18BrNO. The normalized spacial score (nSPS) is 28.7. The van der Waals surface area contributed by atoms with Gasteiger partial charge in [0.15, 0.2) is 0 Å². The highest BCUT2D eigenvalue weighted by Crippen LogP contribution is 2.33. The summed E-state index contributed by atoms with van der Waals surface area (Å²) in [6.45, 7) is 6.26. The van der Waals surface area contributed by atoms with Crippen LogP contribution >= 0.6 is 15.9 Å². The van der Waals surface area contributed by atoms with Crippen LogP contribution in [-0.4, -0.2) is 16.8 Å². The standard InChI is InChI=1S/C10H18BrNO/c1-4-7-5-8(7)12-10(13)9(11)6(2)3/h6-9H,4-5H2,1-3H3,(H,12,13). The summed E-state index contributed by atoms with van der Waals surface area (Å²) in [4.78, 5) is 11.5. The van der Waals surface area contributed by atoms with Crippen LogP contribution < -0.4 is 5.32 Å². The lowest BCUT2D eigenvalue weighted by molar-refractivity contribution is -0.121. The maximum absolute atomic E-state index is 11.5. The second-order valence-electron chi connectivity index (χ2n) is 4.16. The van der Waals surface area contributed by atoms with Crippen LogP contribution in [-0.2, 0) is 4.79 Å². The first-order chi connectivity index (χ1) is 6.06. The van der Waals surface area contributed by atoms with Gasteiger partial charge in [-0.1, -0.05) is 43.1 Å². The Balaban J connectivity index is 2.26. The van der Waals surface area contributed by atoms with Crippen molar-refractivity contribution < 1.29 is 4.79 Å². The first-order valence-corrected chi connectivity index (χ1v) is 5.92. The molecule has 0 saturated heterocycles. The van der Waals surface area contributed by atoms with E-state index in [-0.39, 0.29) is 10.7 Å². The number of hydrogen-bond acceptors (Lipinski definition) is 1. The molecule has 1 fully saturated rings. The summed E-state index contributed by atoms with van der Waals surface area (Å²) in [5.74, 6) is 1.24. The van der Waals surface area contributed by atoms with Crippen LogP contribution in [0.5, 0.6) is 0 Å². The van der Waals surface area contributed by atoms with Gasteiger partial charge in [0.05, 0.1) is 4.83 Å². The topological polar surface area (TPSA) is 29.1 Å². The van der Waals surface area contributed by atoms with Crippen molar-refractivity contribution in [2.24, 2.45) is 11.8 Å². The predicted octanol–water partition coefficient (Wildman–Crippen LogP) is 2.32. The number of rotatable bonds is 4. The van der Waals surface area contributed by atoms with Crippen molar-refractivity contribution in [1.82, 2.24) is 5.32 Å². The van der Waals surface area contributed by atoms with E-state index < -0.39 is 0 Å². The van der Waals surface area contributed by atoms with Crippen molar-refractivity contribution >= 4 is 21.8 Å². The highest BCUT2D eigenvalue weighted by molar-refractivity contribution is 9.10. The smallest absolute Gasteiger partial charge is 0.234 e. The van der Waals surface area contributed by atoms with Crippen LogP contribution in [0.3, 0.4) is 0 Å². The van der Waals surface area contributed by atoms with Crippen LogP contribution in [0, 0.1) is 11.8 Å². The van der Waals surface area contributed by atoms with Gasteiger partial charge in [-0.15, -0.1) is 0 Å². The molecule has 13 heavy (non-hydrogen) atoms. The molecule has 0 aromatic carbocycles. The van der Waals surface area contributed by atoms with Gasteiger partial charge in [-0.25, -0.2) is 0 Å². The van der Waals surface area contributed by atoms with Crippen molar-refractivity contribution in [3.63, 3.8) is 0 Å². The summed E-state index contributed by atoms with van der Waals surface area (Å²) in [6, 6.07) is 0.455. The first kappa shape index (κ1) is 11.0. The molecule has 1 saturated carbocycles. The zero-order valence-electron chi connectivity index (χ0n) is 8.51. The van der Waals surface area contributed by atoms with Gasteiger partial charge >= 0.3 is 0 Å². The van der Waals surface area contributed by atoms with E-state index >= 15 is 0 Å². The highest BCUT2D eigenvalue weighted by atomic mass is 79.9. The summed E-state index contributed by atoms with van der Waals surface area (Å²) < 4.78 is 0. The Morgan fingerprint density at radius 2 is 2.23 bits per heavy atom. The molecule has 3 unspecified atom stereocenters. The number of carbonyl (C=O) groups excluding carboxylic acids is 1. The van der Waals surface area contributed by atoms with E-state index in [2.05, 4.69) is 28.2 Å². The molecule has 3 atom stereocenters. The van der Waals surface area contributed by atoms with E-state index in [1.165, 1.54) is 12.8 Å². The molecule has 0 aromatic heterocycles. The van der Waals surface area contributed by atoms with Crippen molar-refractivity contribution in [2.75, 3.05) is 0 Å². The zero-order valence-corrected chi connectivity index (χ0v) is 10.1. The van der Waals surface area contributed by atoms with Gasteiger partial charge in [-0.3, -0.25) is 4.79 Å². The molecule has 0 radical (unpaired) electrons. The van der Waals surface area contributed by atoms with Crippen molar-refractivity contribution in [2.45, 2.75) is 44.5 Å². The fourth-order valence-corrected chi connectivity index (χ4v) is 1.57. The third kappa shape index (κ3) is 2.97. The molecule has 0 aliphatic heterocycles. The Morgan fingerprint density at radius 1 is 1.62 bits per heavy atom. The molecule has 76 valence electrons. The van der Waals surface area contributed by atoms with E-state index in [0.717, 1.165) is 5.92 Å². The Bertz CT molecular complexity index is 193. The molecule has 2 nitrogen and oxygen atoms in total. The SMILES string of the molecule is CCC1CC1NC(=O)C(Br)C(C)C. The van der Waals surface area contributed by atoms with Gasteiger partial charge in [-0.2, -0.15) is 0 Å². The Kier molecular flexibility index (Phi) is 3.77. The van der Waals surface area contributed by atoms with Gasteiger partial charge in [0.25, 0.3) is 0 Å². The van der Waals surface area contributed by atoms with Crippen LogP contribution in [0.2, 0.25) is 0 Å². The van der Waals surface area contributed by atoms with Crippen LogP contribution in [0.25, 0.3) is 0 Å². The number of hydrogen-bond donors (Lipinski definition) is 1. The van der Waals surface area contributed by atoms with Crippen molar-refractivity contribution in [1.29, 1.82) is 0 Å². The fourth-order valence-electron chi connectivity index (χ4n) is 1.44. The first-order valence-electron chi connectivity index (χ1n) is 5.00. The largest absolute Gasteiger partial charge is 0.352 e. The third-order valence-electron chi connectivity index (χ3n) is 2.61. The van der Waals surface area contributed by atoms with Gasteiger partial charge in [-0.05, 0) is 18.3 Å². The van der Waals surface area contributed by atoms with Crippen LogP contribution in [0.4, 0.5) is 0 Å². The van der Waals surface area contributed by atoms with Gasteiger partial charge < -0.3 is 5.32 Å². The number of carbonyl (C=O) groups is 1. The molecule has 1 amide bonds. The molecule has 3 heteroatoms. The summed E-state index contributed by atoms with van der Waals surface area (Å²) in [6.07, 6.45) is 2.35. The highest BCUT2D eigenvalue weighted by Gasteiger charge is 2.37. The average molecular weight is 248 g/mol. The molecule has 1 aliphatic rings. The minimum Gasteiger partial charge on any atom is -0.352 e. The number of nitrogens with one attached hydrogen (secondary N) is 1. The van der Waals surface area contributed by atoms with E-state index in [0.29, 0.717) is 12.0 Å². The second-order valence-corrected chi connectivity index (χ2v) is 5.15. The fraction of sp³-hybridized carbons (Fsp3) is 0.900. The van der Waals surface area contributed by atoms with E-state index in [4.69, 9.17) is 0 Å². The van der Waals surface area contributed by atoms with Crippen molar-refractivity contribution in [3.8, 4) is 0 Å². The molecular weight excluding hydrogens is 230 g/mol. The molecule has 1 rings (SSSR count). The Labute approximate surface area is 88.6 Å². The molecule has 0 spiro atoms. The zero-order chi connectivity index (χ0) is 10.0. The maximum Gasteiger partial charge on any atom is 0.234 e. The summed E-state index contributed by atoms with van der Waals surface area (Å²) in [7, 11) is 0. The van der Waals surface area contributed by atoms with E-state index in [1.54, 1.807) is 0 Å². The van der Waals surface area contributed by atoms with Gasteiger partial charge in [0.1, 0.15) is 0 Å². The third-order valence-corrected chi connectivity index (χ3v) is 4.08. The number of halogens is 1. The second kappa shape index (κ2) is 4.45. The number of alkyl halides is 1. The lowest BCUT2D eigenvalue weighted by Crippen LogP contribution is -2.36. The molecule has 1 N–H and O–H groups in total. The quantitative estimate of drug-likeness (QED) is 0.760. The van der Waals surface area contributed by atoms with E-state index in [9.17, 15) is 4.79 Å². The summed E-state index contributed by atoms with van der Waals surface area (Å²) >= 11 is 3.39. The molecule has 1 aliphatic carbocycles. The van der Waals surface area contributed by atoms with E-state index in [1.807, 2.05) is 13.8 Å². The Morgan fingerprint density at radius 3 is 2.62 bits per heavy atom. The average Bonchev–Trinajstić information content (AvgIpc) is 2.81.